The molecule has 0 spiro atoms. The highest BCUT2D eigenvalue weighted by Gasteiger charge is 2.37. The first-order valence-corrected chi connectivity index (χ1v) is 13.4. The fourth-order valence-corrected chi connectivity index (χ4v) is 5.01. The molecule has 0 fully saturated rings. The molecule has 7 nitrogen and oxygen atoms in total. The molecule has 0 bridgehead atoms. The van der Waals surface area contributed by atoms with Gasteiger partial charge in [0.2, 0.25) is 11.1 Å². The number of anilines is 1. The molecule has 2 aromatic carbocycles. The lowest BCUT2D eigenvalue weighted by Crippen LogP contribution is -2.31. The minimum atomic E-state index is -0.534. The second-order valence-corrected chi connectivity index (χ2v) is 10.2. The maximum Gasteiger partial charge on any atom is 0.338 e. The number of unbranched alkanes of at least 4 members (excludes halogenated alkanes) is 1. The summed E-state index contributed by atoms with van der Waals surface area (Å²) < 4.78 is 13.8. The van der Waals surface area contributed by atoms with Gasteiger partial charge in [0.05, 0.1) is 11.7 Å². The molecule has 0 amide bonds. The van der Waals surface area contributed by atoms with Crippen LogP contribution in [0.3, 0.4) is 0 Å². The first-order chi connectivity index (χ1) is 17.4. The molecule has 1 aliphatic rings. The van der Waals surface area contributed by atoms with Crippen molar-refractivity contribution in [3.8, 4) is 5.75 Å². The van der Waals surface area contributed by atoms with Gasteiger partial charge in [-0.05, 0) is 51.3 Å². The smallest absolute Gasteiger partial charge is 0.338 e. The molecule has 1 aromatic heterocycles. The molecule has 2 heterocycles. The molecular weight excluding hydrogens is 472 g/mol. The Kier molecular flexibility index (Phi) is 8.36. The molecule has 1 aliphatic heterocycles. The van der Waals surface area contributed by atoms with Gasteiger partial charge < -0.3 is 14.8 Å². The lowest BCUT2D eigenvalue weighted by molar-refractivity contribution is -0.143. The Hall–Kier alpha value is -3.26. The van der Waals surface area contributed by atoms with E-state index in [4.69, 9.17) is 19.6 Å². The molecule has 0 radical (unpaired) electrons. The van der Waals surface area contributed by atoms with Crippen LogP contribution < -0.4 is 10.1 Å². The first kappa shape index (κ1) is 25.8. The lowest BCUT2D eigenvalue weighted by atomic mass is 9.95. The molecule has 3 aromatic rings. The Balaban J connectivity index is 1.75. The third-order valence-corrected chi connectivity index (χ3v) is 6.91. The number of carbonyl (C=O) groups is 1. The van der Waals surface area contributed by atoms with Crippen molar-refractivity contribution in [2.24, 2.45) is 0 Å². The van der Waals surface area contributed by atoms with Crippen LogP contribution in [0.25, 0.3) is 0 Å². The molecular formula is C28H34N4O3S. The van der Waals surface area contributed by atoms with Crippen molar-refractivity contribution in [3.63, 3.8) is 0 Å². The van der Waals surface area contributed by atoms with E-state index in [-0.39, 0.29) is 12.1 Å². The summed E-state index contributed by atoms with van der Waals surface area (Å²) in [5, 5.41) is 8.76. The number of hydrogen-bond acceptors (Lipinski definition) is 7. The van der Waals surface area contributed by atoms with Gasteiger partial charge in [0.25, 0.3) is 0 Å². The highest BCUT2D eigenvalue weighted by molar-refractivity contribution is 7.99. The van der Waals surface area contributed by atoms with Crippen LogP contribution in [0.2, 0.25) is 0 Å². The van der Waals surface area contributed by atoms with E-state index in [2.05, 4.69) is 31.3 Å². The fourth-order valence-electron chi connectivity index (χ4n) is 4.10. The minimum Gasteiger partial charge on any atom is -0.489 e. The molecule has 1 N–H and O–H groups in total. The molecule has 190 valence electrons. The van der Waals surface area contributed by atoms with Crippen molar-refractivity contribution >= 4 is 23.7 Å². The number of thioether (sulfide) groups is 1. The maximum absolute atomic E-state index is 13.3. The minimum absolute atomic E-state index is 0.247. The van der Waals surface area contributed by atoms with E-state index >= 15 is 0 Å². The van der Waals surface area contributed by atoms with Crippen LogP contribution in [-0.2, 0) is 16.1 Å². The van der Waals surface area contributed by atoms with Crippen LogP contribution in [0.15, 0.2) is 65.0 Å². The summed E-state index contributed by atoms with van der Waals surface area (Å²) in [7, 11) is 0. The van der Waals surface area contributed by atoms with Crippen molar-refractivity contribution in [1.29, 1.82) is 0 Å². The van der Waals surface area contributed by atoms with Gasteiger partial charge in [-0.15, -0.1) is 5.10 Å². The van der Waals surface area contributed by atoms with Crippen LogP contribution in [0.5, 0.6) is 5.75 Å². The standard InChI is InChI=1S/C28H34N4O3S/c1-6-7-16-36-28-30-27-29-20(5)24(26(33)35-18(2)3)25(32(27)31-28)22-14-10-11-15-23(22)34-17-21-13-9-8-12-19(21)4/h8-15,18,25H,6-7,16-17H2,1-5H3,(H,29,30,31). The lowest BCUT2D eigenvalue weighted by Gasteiger charge is -2.29. The van der Waals surface area contributed by atoms with Crippen molar-refractivity contribution in [2.75, 3.05) is 11.1 Å². The second-order valence-electron chi connectivity index (χ2n) is 9.14. The Morgan fingerprint density at radius 2 is 1.89 bits per heavy atom. The van der Waals surface area contributed by atoms with E-state index < -0.39 is 6.04 Å². The van der Waals surface area contributed by atoms with Gasteiger partial charge in [0, 0.05) is 17.0 Å². The van der Waals surface area contributed by atoms with E-state index in [0.29, 0.717) is 34.7 Å². The molecule has 8 heteroatoms. The highest BCUT2D eigenvalue weighted by atomic mass is 32.2. The number of para-hydroxylation sites is 1. The van der Waals surface area contributed by atoms with Crippen molar-refractivity contribution in [3.05, 3.63) is 76.5 Å². The van der Waals surface area contributed by atoms with Gasteiger partial charge in [-0.1, -0.05) is 67.6 Å². The Bertz CT molecular complexity index is 1250. The number of hydrogen-bond donors (Lipinski definition) is 1. The molecule has 0 saturated heterocycles. The van der Waals surface area contributed by atoms with E-state index in [0.717, 1.165) is 29.7 Å². The third-order valence-electron chi connectivity index (χ3n) is 5.98. The topological polar surface area (TPSA) is 78.3 Å². The summed E-state index contributed by atoms with van der Waals surface area (Å²) in [6, 6.07) is 15.4. The van der Waals surface area contributed by atoms with Gasteiger partial charge in [-0.25, -0.2) is 9.48 Å². The fraction of sp³-hybridized carbons (Fsp3) is 0.393. The van der Waals surface area contributed by atoms with Crippen molar-refractivity contribution in [2.45, 2.75) is 71.4 Å². The molecule has 0 aliphatic carbocycles. The molecule has 1 unspecified atom stereocenters. The summed E-state index contributed by atoms with van der Waals surface area (Å²) in [6.45, 7) is 10.2. The average Bonchev–Trinajstić information content (AvgIpc) is 3.25. The number of nitrogens with zero attached hydrogens (tertiary/aromatic N) is 3. The van der Waals surface area contributed by atoms with E-state index in [9.17, 15) is 4.79 Å². The van der Waals surface area contributed by atoms with E-state index in [1.807, 2.05) is 57.2 Å². The molecule has 36 heavy (non-hydrogen) atoms. The van der Waals surface area contributed by atoms with Gasteiger partial charge in [0.15, 0.2) is 0 Å². The van der Waals surface area contributed by atoms with E-state index in [1.165, 1.54) is 5.56 Å². The van der Waals surface area contributed by atoms with Crippen LogP contribution in [0, 0.1) is 6.92 Å². The summed E-state index contributed by atoms with van der Waals surface area (Å²) in [6.07, 6.45) is 1.95. The summed E-state index contributed by atoms with van der Waals surface area (Å²) in [5.41, 5.74) is 4.31. The normalized spacial score (nSPS) is 15.0. The zero-order valence-electron chi connectivity index (χ0n) is 21.6. The monoisotopic (exact) mass is 506 g/mol. The molecule has 4 rings (SSSR count). The summed E-state index contributed by atoms with van der Waals surface area (Å²) in [5.74, 6) is 1.85. The van der Waals surface area contributed by atoms with E-state index in [1.54, 1.807) is 16.4 Å². The Morgan fingerprint density at radius 1 is 1.14 bits per heavy atom. The van der Waals surface area contributed by atoms with Gasteiger partial charge in [0.1, 0.15) is 18.4 Å². The van der Waals surface area contributed by atoms with Gasteiger partial charge >= 0.3 is 5.97 Å². The summed E-state index contributed by atoms with van der Waals surface area (Å²) >= 11 is 1.62. The number of aryl methyl sites for hydroxylation is 1. The number of fused-ring (bicyclic) bond motifs is 1. The summed E-state index contributed by atoms with van der Waals surface area (Å²) in [4.78, 5) is 18.1. The Labute approximate surface area is 217 Å². The van der Waals surface area contributed by atoms with Crippen molar-refractivity contribution in [1.82, 2.24) is 14.8 Å². The van der Waals surface area contributed by atoms with Crippen LogP contribution in [0.4, 0.5) is 5.95 Å². The number of carbonyl (C=O) groups excluding carboxylic acids is 1. The number of ether oxygens (including phenoxy) is 2. The van der Waals surface area contributed by atoms with Gasteiger partial charge in [-0.2, -0.15) is 4.98 Å². The largest absolute Gasteiger partial charge is 0.489 e. The third kappa shape index (κ3) is 5.75. The van der Waals surface area contributed by atoms with Crippen LogP contribution in [0.1, 0.15) is 63.3 Å². The highest BCUT2D eigenvalue weighted by Crippen LogP contribution is 2.40. The van der Waals surface area contributed by atoms with Gasteiger partial charge in [-0.3, -0.25) is 0 Å². The second kappa shape index (κ2) is 11.6. The number of nitrogens with one attached hydrogen (secondary N) is 1. The quantitative estimate of drug-likeness (QED) is 0.196. The number of aromatic nitrogens is 3. The number of benzene rings is 2. The SMILES string of the molecule is CCCCSc1nc2n(n1)C(c1ccccc1OCc1ccccc1C)C(C(=O)OC(C)C)=C(C)N2. The average molecular weight is 507 g/mol. The van der Waals surface area contributed by atoms with Crippen LogP contribution in [-0.4, -0.2) is 32.6 Å². The predicted octanol–water partition coefficient (Wildman–Crippen LogP) is 6.30. The Morgan fingerprint density at radius 3 is 2.64 bits per heavy atom. The molecule has 1 atom stereocenters. The predicted molar refractivity (Wildman–Crippen MR) is 143 cm³/mol. The first-order valence-electron chi connectivity index (χ1n) is 12.4. The zero-order chi connectivity index (χ0) is 25.7. The number of allylic oxidation sites excluding steroid dienone is 1. The van der Waals surface area contributed by atoms with Crippen molar-refractivity contribution < 1.29 is 14.3 Å². The zero-order valence-corrected chi connectivity index (χ0v) is 22.4. The molecule has 0 saturated carbocycles. The maximum atomic E-state index is 13.3. The number of rotatable bonds is 10. The van der Waals surface area contributed by atoms with Crippen LogP contribution >= 0.6 is 11.8 Å². The number of esters is 1.